The first-order valence-electron chi connectivity index (χ1n) is 5.25. The zero-order valence-electron chi connectivity index (χ0n) is 9.12. The summed E-state index contributed by atoms with van der Waals surface area (Å²) in [5, 5.41) is 3.28. The third-order valence-corrected chi connectivity index (χ3v) is 3.54. The van der Waals surface area contributed by atoms with Crippen LogP contribution in [0.4, 0.5) is 0 Å². The molecular formula is C8H20N4O2S. The number of hydrogen-bond donors (Lipinski definition) is 3. The van der Waals surface area contributed by atoms with Gasteiger partial charge in [0, 0.05) is 39.8 Å². The van der Waals surface area contributed by atoms with Gasteiger partial charge in [-0.3, -0.25) is 0 Å². The molecule has 1 saturated heterocycles. The molecule has 0 unspecified atom stereocenters. The molecule has 7 heteroatoms. The van der Waals surface area contributed by atoms with Crippen LogP contribution in [0, 0.1) is 0 Å². The Kier molecular flexibility index (Phi) is 5.48. The fourth-order valence-electron chi connectivity index (χ4n) is 1.52. The van der Waals surface area contributed by atoms with E-state index in [4.69, 9.17) is 0 Å². The molecule has 1 aliphatic rings. The van der Waals surface area contributed by atoms with E-state index >= 15 is 0 Å². The van der Waals surface area contributed by atoms with Gasteiger partial charge in [0.05, 0.1) is 0 Å². The summed E-state index contributed by atoms with van der Waals surface area (Å²) >= 11 is 0. The summed E-state index contributed by atoms with van der Waals surface area (Å²) in [5.41, 5.74) is 0. The van der Waals surface area contributed by atoms with E-state index in [0.717, 1.165) is 39.1 Å². The maximum Gasteiger partial charge on any atom is 0.276 e. The minimum Gasteiger partial charge on any atom is -0.314 e. The predicted molar refractivity (Wildman–Crippen MR) is 59.9 cm³/mol. The smallest absolute Gasteiger partial charge is 0.276 e. The first kappa shape index (κ1) is 12.9. The third-order valence-electron chi connectivity index (χ3n) is 2.42. The van der Waals surface area contributed by atoms with Gasteiger partial charge in [-0.1, -0.05) is 0 Å². The molecule has 0 aromatic heterocycles. The highest BCUT2D eigenvalue weighted by atomic mass is 32.2. The molecule has 90 valence electrons. The predicted octanol–water partition coefficient (Wildman–Crippen LogP) is -1.66. The molecule has 0 radical (unpaired) electrons. The first-order valence-corrected chi connectivity index (χ1v) is 6.73. The van der Waals surface area contributed by atoms with Gasteiger partial charge in [0.15, 0.2) is 0 Å². The minimum absolute atomic E-state index is 0.493. The molecule has 6 nitrogen and oxygen atoms in total. The van der Waals surface area contributed by atoms with Crippen molar-refractivity contribution in [3.63, 3.8) is 0 Å². The first-order chi connectivity index (χ1) is 7.14. The van der Waals surface area contributed by atoms with Gasteiger partial charge in [-0.2, -0.15) is 8.42 Å². The van der Waals surface area contributed by atoms with Crippen LogP contribution in [0.25, 0.3) is 0 Å². The Morgan fingerprint density at radius 2 is 2.00 bits per heavy atom. The molecule has 1 fully saturated rings. The molecule has 0 aliphatic carbocycles. The van der Waals surface area contributed by atoms with Crippen molar-refractivity contribution in [1.29, 1.82) is 0 Å². The van der Waals surface area contributed by atoms with E-state index < -0.39 is 10.2 Å². The number of nitrogens with one attached hydrogen (secondary N) is 3. The lowest BCUT2D eigenvalue weighted by molar-refractivity contribution is 0.239. The Balaban J connectivity index is 2.06. The molecule has 0 spiro atoms. The van der Waals surface area contributed by atoms with Crippen molar-refractivity contribution in [1.82, 2.24) is 19.7 Å². The van der Waals surface area contributed by atoms with Crippen LogP contribution in [0.3, 0.4) is 0 Å². The lowest BCUT2D eigenvalue weighted by atomic mass is 10.3. The van der Waals surface area contributed by atoms with Crippen molar-refractivity contribution in [3.05, 3.63) is 0 Å². The fraction of sp³-hybridized carbons (Fsp3) is 1.00. The van der Waals surface area contributed by atoms with Crippen LogP contribution in [-0.4, -0.2) is 59.6 Å². The Morgan fingerprint density at radius 3 is 2.60 bits per heavy atom. The summed E-state index contributed by atoms with van der Waals surface area (Å²) in [4.78, 5) is 2.34. The zero-order chi connectivity index (χ0) is 11.1. The third kappa shape index (κ3) is 5.43. The highest BCUT2D eigenvalue weighted by Crippen LogP contribution is 1.93. The molecule has 1 heterocycles. The molecule has 0 bridgehead atoms. The zero-order valence-corrected chi connectivity index (χ0v) is 9.94. The van der Waals surface area contributed by atoms with E-state index in [-0.39, 0.29) is 0 Å². The van der Waals surface area contributed by atoms with Crippen LogP contribution in [0.15, 0.2) is 0 Å². The number of rotatable bonds is 6. The van der Waals surface area contributed by atoms with Crippen LogP contribution in [0.5, 0.6) is 0 Å². The van der Waals surface area contributed by atoms with E-state index in [2.05, 4.69) is 19.7 Å². The van der Waals surface area contributed by atoms with E-state index in [9.17, 15) is 8.42 Å². The summed E-state index contributed by atoms with van der Waals surface area (Å²) in [6.45, 7) is 5.61. The summed E-state index contributed by atoms with van der Waals surface area (Å²) in [6, 6.07) is 0. The second-order valence-corrected chi connectivity index (χ2v) is 5.25. The van der Waals surface area contributed by atoms with E-state index in [0.29, 0.717) is 6.54 Å². The van der Waals surface area contributed by atoms with Crippen LogP contribution >= 0.6 is 0 Å². The molecule has 1 rings (SSSR count). The molecule has 0 amide bonds. The summed E-state index contributed by atoms with van der Waals surface area (Å²) in [5.74, 6) is 0. The Hall–Kier alpha value is -0.210. The monoisotopic (exact) mass is 236 g/mol. The lowest BCUT2D eigenvalue weighted by Gasteiger charge is -2.26. The van der Waals surface area contributed by atoms with E-state index in [1.54, 1.807) is 0 Å². The molecule has 1 aliphatic heterocycles. The average molecular weight is 236 g/mol. The highest BCUT2D eigenvalue weighted by molar-refractivity contribution is 7.87. The largest absolute Gasteiger partial charge is 0.314 e. The Bertz CT molecular complexity index is 262. The molecule has 0 aromatic rings. The Morgan fingerprint density at radius 1 is 1.33 bits per heavy atom. The molecular weight excluding hydrogens is 216 g/mol. The summed E-state index contributed by atoms with van der Waals surface area (Å²) < 4.78 is 26.7. The molecule has 0 saturated carbocycles. The van der Waals surface area contributed by atoms with Gasteiger partial charge in [-0.05, 0) is 13.0 Å². The van der Waals surface area contributed by atoms with Gasteiger partial charge in [-0.25, -0.2) is 9.44 Å². The number of hydrogen-bond acceptors (Lipinski definition) is 4. The molecule has 0 aromatic carbocycles. The average Bonchev–Trinajstić information content (AvgIpc) is 2.26. The van der Waals surface area contributed by atoms with E-state index in [1.807, 2.05) is 0 Å². The van der Waals surface area contributed by atoms with Gasteiger partial charge >= 0.3 is 0 Å². The summed E-state index contributed by atoms with van der Waals surface area (Å²) in [7, 11) is -1.85. The van der Waals surface area contributed by atoms with Gasteiger partial charge in [0.25, 0.3) is 10.2 Å². The Labute approximate surface area is 91.6 Å². The number of piperazine rings is 1. The van der Waals surface area contributed by atoms with Gasteiger partial charge in [-0.15, -0.1) is 0 Å². The van der Waals surface area contributed by atoms with Crippen molar-refractivity contribution < 1.29 is 8.42 Å². The second kappa shape index (κ2) is 6.39. The minimum atomic E-state index is -3.25. The molecule has 0 atom stereocenters. The molecule has 3 N–H and O–H groups in total. The van der Waals surface area contributed by atoms with Crippen LogP contribution < -0.4 is 14.8 Å². The lowest BCUT2D eigenvalue weighted by Crippen LogP contribution is -2.44. The number of nitrogens with zero attached hydrogens (tertiary/aromatic N) is 1. The second-order valence-electron chi connectivity index (χ2n) is 3.55. The normalized spacial score (nSPS) is 19.3. The van der Waals surface area contributed by atoms with Crippen molar-refractivity contribution >= 4 is 10.2 Å². The topological polar surface area (TPSA) is 73.5 Å². The summed E-state index contributed by atoms with van der Waals surface area (Å²) in [6.07, 6.45) is 0.848. The van der Waals surface area contributed by atoms with Crippen molar-refractivity contribution in [3.8, 4) is 0 Å². The van der Waals surface area contributed by atoms with Crippen LogP contribution in [-0.2, 0) is 10.2 Å². The molecule has 15 heavy (non-hydrogen) atoms. The van der Waals surface area contributed by atoms with Crippen molar-refractivity contribution in [2.45, 2.75) is 6.42 Å². The maximum absolute atomic E-state index is 11.0. The van der Waals surface area contributed by atoms with Crippen LogP contribution in [0.1, 0.15) is 6.42 Å². The van der Waals surface area contributed by atoms with Gasteiger partial charge in [0.1, 0.15) is 0 Å². The van der Waals surface area contributed by atoms with Crippen LogP contribution in [0.2, 0.25) is 0 Å². The quantitative estimate of drug-likeness (QED) is 0.482. The van der Waals surface area contributed by atoms with Gasteiger partial charge in [0.2, 0.25) is 0 Å². The van der Waals surface area contributed by atoms with Crippen molar-refractivity contribution in [2.24, 2.45) is 0 Å². The van der Waals surface area contributed by atoms with Gasteiger partial charge < -0.3 is 10.2 Å². The highest BCUT2D eigenvalue weighted by Gasteiger charge is 2.09. The van der Waals surface area contributed by atoms with Crippen molar-refractivity contribution in [2.75, 3.05) is 46.3 Å². The standard InChI is InChI=1S/C8H20N4O2S/c1-9-15(13,14)11-3-2-6-12-7-4-10-5-8-12/h9-11H,2-8H2,1H3. The fourth-order valence-corrected chi connectivity index (χ4v) is 2.07. The van der Waals surface area contributed by atoms with E-state index in [1.165, 1.54) is 7.05 Å². The SMILES string of the molecule is CNS(=O)(=O)NCCCN1CCNCC1. The maximum atomic E-state index is 11.0.